The number of furan rings is 3. The van der Waals surface area contributed by atoms with Gasteiger partial charge in [0.25, 0.3) is 0 Å². The van der Waals surface area contributed by atoms with Crippen molar-refractivity contribution >= 4 is 98.3 Å². The summed E-state index contributed by atoms with van der Waals surface area (Å²) in [5.41, 5.74) is 35.0. The van der Waals surface area contributed by atoms with Crippen molar-refractivity contribution in [1.29, 1.82) is 0 Å². The Morgan fingerprint density at radius 3 is 0.746 bits per heavy atom. The summed E-state index contributed by atoms with van der Waals surface area (Å²) in [4.78, 5) is 26.8. The Balaban J connectivity index is 0.000000110. The number of hydrogen-bond donors (Lipinski definition) is 0. The minimum atomic E-state index is 0.876. The van der Waals surface area contributed by atoms with Gasteiger partial charge in [-0.1, -0.05) is 261 Å². The Labute approximate surface area is 794 Å². The predicted octanol–water partition coefficient (Wildman–Crippen LogP) is 33.0. The molecular formula is C126H81N9O3. The molecule has 0 unspecified atom stereocenters. The molecule has 0 aliphatic heterocycles. The highest BCUT2D eigenvalue weighted by Gasteiger charge is 2.29. The van der Waals surface area contributed by atoms with Crippen molar-refractivity contribution in [3.05, 3.63) is 493 Å². The zero-order chi connectivity index (χ0) is 91.4. The van der Waals surface area contributed by atoms with Gasteiger partial charge in [-0.2, -0.15) is 0 Å². The van der Waals surface area contributed by atoms with E-state index in [4.69, 9.17) is 23.2 Å². The van der Waals surface area contributed by atoms with Crippen LogP contribution in [0.4, 0.5) is 0 Å². The summed E-state index contributed by atoms with van der Waals surface area (Å²) in [7, 11) is 0. The van der Waals surface area contributed by atoms with Crippen molar-refractivity contribution in [3.8, 4) is 151 Å². The number of nitrogens with zero attached hydrogens (tertiary/aromatic N) is 9. The molecule has 138 heavy (non-hydrogen) atoms. The molecule has 0 atom stereocenters. The molecule has 0 fully saturated rings. The third-order valence-electron chi connectivity index (χ3n) is 26.2. The van der Waals surface area contributed by atoms with E-state index in [0.717, 1.165) is 250 Å². The van der Waals surface area contributed by atoms with Gasteiger partial charge in [-0.15, -0.1) is 0 Å². The Morgan fingerprint density at radius 1 is 0.167 bits per heavy atom. The lowest BCUT2D eigenvalue weighted by Gasteiger charge is -2.14. The van der Waals surface area contributed by atoms with Crippen LogP contribution in [0.5, 0.6) is 0 Å². The third kappa shape index (κ3) is 14.6. The Kier molecular flexibility index (Phi) is 20.6. The van der Waals surface area contributed by atoms with Crippen LogP contribution in [0.3, 0.4) is 0 Å². The lowest BCUT2D eigenvalue weighted by Crippen LogP contribution is -1.97. The average molecular weight is 1770 g/mol. The Morgan fingerprint density at radius 2 is 0.442 bits per heavy atom. The Hall–Kier alpha value is -18.8. The predicted molar refractivity (Wildman–Crippen MR) is 564 cm³/mol. The van der Waals surface area contributed by atoms with Crippen molar-refractivity contribution in [1.82, 2.24) is 43.6 Å². The van der Waals surface area contributed by atoms with Gasteiger partial charge < -0.3 is 27.0 Å². The van der Waals surface area contributed by atoms with E-state index in [1.807, 2.05) is 117 Å². The molecule has 0 N–H and O–H groups in total. The molecule has 15 aromatic carbocycles. The van der Waals surface area contributed by atoms with Gasteiger partial charge in [-0.25, -0.2) is 0 Å². The second kappa shape index (κ2) is 35.1. The van der Waals surface area contributed by atoms with E-state index in [1.54, 1.807) is 0 Å². The number of para-hydroxylation sites is 3. The molecule has 648 valence electrons. The molecule has 0 saturated carbocycles. The van der Waals surface area contributed by atoms with Crippen LogP contribution in [0.15, 0.2) is 506 Å². The molecule has 0 radical (unpaired) electrons. The van der Waals surface area contributed by atoms with Crippen LogP contribution < -0.4 is 0 Å². The van der Waals surface area contributed by atoms with Crippen LogP contribution in [-0.2, 0) is 0 Å². The van der Waals surface area contributed by atoms with Crippen LogP contribution in [0.2, 0.25) is 0 Å². The van der Waals surface area contributed by atoms with Crippen LogP contribution >= 0.6 is 0 Å². The molecular weight excluding hydrogens is 1690 g/mol. The second-order valence-corrected chi connectivity index (χ2v) is 34.4. The fourth-order valence-electron chi connectivity index (χ4n) is 20.1. The van der Waals surface area contributed by atoms with Gasteiger partial charge in [0, 0.05) is 167 Å². The molecule has 12 heteroatoms. The summed E-state index contributed by atoms with van der Waals surface area (Å²) in [6.45, 7) is 0. The first kappa shape index (κ1) is 81.2. The normalized spacial score (nSPS) is 11.5. The first-order chi connectivity index (χ1) is 68.5. The number of pyridine rings is 6. The SMILES string of the molecule is c1ccc(-c2oc3c(ccc4c3c3ccccc3n4-c3cc(-c4ccccn4)cc(-c4ccccn4)c3)c2-c2ccccc2)cc1.c1ccc(-c2oc3c(ccc4c3c3ccccc3n4-c3cc(-c4cccnc4)cc(-c4cccnc4)c3)c2-c2ccccc2)cc1.c1ccc(-c2oc3c(ccc4c3c3ccccc3n4-c3cc(-c4ccncc4)cc(-c4ccncc4)c3)c2-c2ccccc2)cc1. The van der Waals surface area contributed by atoms with Crippen molar-refractivity contribution in [2.75, 3.05) is 0 Å². The standard InChI is InChI=1S/3C42H27N3O/c1-3-13-28(14-4-1)39-34-21-22-38-40(42(34)46-41(39)29-15-5-2-6-16-29)33-17-7-8-20-37(33)45(38)32-26-30(35-18-9-11-23-43-35)25-31(27-32)36-19-10-12-24-44-36;1-3-11-28(12-4-1)39-36-19-20-38-40(42(36)46-41(39)29-13-5-2-6-14-29)35-17-7-8-18-37(35)45(38)34-24-32(30-15-9-21-43-26-30)23-33(25-34)31-16-10-22-44-27-31;1-3-9-30(10-4-1)39-36-15-16-38-40(42(36)46-41(39)31-11-5-2-6-12-31)35-13-7-8-14-37(35)45(38)34-26-32(28-17-21-43-22-18-28)25-33(27-34)29-19-23-44-24-20-29/h3*1-27H. The van der Waals surface area contributed by atoms with E-state index in [1.165, 1.54) is 0 Å². The van der Waals surface area contributed by atoms with Gasteiger partial charge >= 0.3 is 0 Å². The zero-order valence-corrected chi connectivity index (χ0v) is 74.5. The zero-order valence-electron chi connectivity index (χ0n) is 74.5. The molecule has 12 heterocycles. The van der Waals surface area contributed by atoms with E-state index in [0.29, 0.717) is 0 Å². The molecule has 0 aliphatic carbocycles. The fourth-order valence-corrected chi connectivity index (χ4v) is 20.1. The Bertz CT molecular complexity index is 8170. The number of fused-ring (bicyclic) bond motifs is 15. The van der Waals surface area contributed by atoms with Crippen LogP contribution in [0.25, 0.3) is 250 Å². The van der Waals surface area contributed by atoms with Gasteiger partial charge in [0.1, 0.15) is 34.0 Å². The molecule has 0 aliphatic rings. The number of rotatable bonds is 15. The second-order valence-electron chi connectivity index (χ2n) is 34.4. The molecule has 27 rings (SSSR count). The molecule has 0 bridgehead atoms. The fraction of sp³-hybridized carbons (Fsp3) is 0. The van der Waals surface area contributed by atoms with Crippen molar-refractivity contribution in [2.24, 2.45) is 0 Å². The average Bonchev–Trinajstić information content (AvgIpc) is 1.56. The number of hydrogen-bond acceptors (Lipinski definition) is 9. The van der Waals surface area contributed by atoms with Crippen molar-refractivity contribution in [3.63, 3.8) is 0 Å². The largest absolute Gasteiger partial charge is 0.455 e. The summed E-state index contributed by atoms with van der Waals surface area (Å²) >= 11 is 0. The minimum absolute atomic E-state index is 0.876. The first-order valence-electron chi connectivity index (χ1n) is 46.2. The van der Waals surface area contributed by atoms with Crippen LogP contribution in [-0.4, -0.2) is 43.6 Å². The lowest BCUT2D eigenvalue weighted by molar-refractivity contribution is 0.635. The molecule has 0 amide bonds. The van der Waals surface area contributed by atoms with Gasteiger partial charge in [0.05, 0.1) is 60.6 Å². The van der Waals surface area contributed by atoms with Gasteiger partial charge in [0.15, 0.2) is 0 Å². The minimum Gasteiger partial charge on any atom is -0.455 e. The van der Waals surface area contributed by atoms with E-state index in [-0.39, 0.29) is 0 Å². The van der Waals surface area contributed by atoms with Crippen molar-refractivity contribution < 1.29 is 13.3 Å². The third-order valence-corrected chi connectivity index (χ3v) is 26.2. The summed E-state index contributed by atoms with van der Waals surface area (Å²) in [5.74, 6) is 2.63. The molecule has 0 saturated heterocycles. The van der Waals surface area contributed by atoms with E-state index >= 15 is 0 Å². The monoisotopic (exact) mass is 1770 g/mol. The number of benzene rings is 15. The highest BCUT2D eigenvalue weighted by atomic mass is 16.3. The molecule has 0 spiro atoms. The van der Waals surface area contributed by atoms with E-state index in [2.05, 4.69) is 410 Å². The maximum atomic E-state index is 6.97. The highest BCUT2D eigenvalue weighted by molar-refractivity contribution is 6.26. The van der Waals surface area contributed by atoms with E-state index in [9.17, 15) is 0 Å². The van der Waals surface area contributed by atoms with Gasteiger partial charge in [-0.05, 0) is 220 Å². The van der Waals surface area contributed by atoms with Crippen LogP contribution in [0, 0.1) is 0 Å². The highest BCUT2D eigenvalue weighted by Crippen LogP contribution is 2.52. The van der Waals surface area contributed by atoms with E-state index < -0.39 is 0 Å². The summed E-state index contributed by atoms with van der Waals surface area (Å²) < 4.78 is 28.0. The van der Waals surface area contributed by atoms with Crippen LogP contribution in [0.1, 0.15) is 0 Å². The van der Waals surface area contributed by atoms with Crippen molar-refractivity contribution in [2.45, 2.75) is 0 Å². The quantitative estimate of drug-likeness (QED) is 0.0984. The summed E-state index contributed by atoms with van der Waals surface area (Å²) in [6, 6.07) is 151. The first-order valence-corrected chi connectivity index (χ1v) is 46.2. The molecule has 27 aromatic rings. The summed E-state index contributed by atoms with van der Waals surface area (Å²) in [5, 5.41) is 10.0. The maximum absolute atomic E-state index is 6.97. The molecule has 12 nitrogen and oxygen atoms in total. The number of aromatic nitrogens is 9. The molecule has 12 aromatic heterocycles. The smallest absolute Gasteiger partial charge is 0.145 e. The maximum Gasteiger partial charge on any atom is 0.145 e. The van der Waals surface area contributed by atoms with Gasteiger partial charge in [-0.3, -0.25) is 29.9 Å². The summed E-state index contributed by atoms with van der Waals surface area (Å²) in [6.07, 6.45) is 18.5. The lowest BCUT2D eigenvalue weighted by atomic mass is 9.97. The van der Waals surface area contributed by atoms with Gasteiger partial charge in [0.2, 0.25) is 0 Å². The topological polar surface area (TPSA) is 132 Å².